The van der Waals surface area contributed by atoms with E-state index in [1.807, 2.05) is 12.1 Å². The quantitative estimate of drug-likeness (QED) is 0.775. The van der Waals surface area contributed by atoms with Crippen molar-refractivity contribution in [1.29, 1.82) is 0 Å². The molecule has 1 N–H and O–H groups in total. The molecule has 4 heteroatoms. The van der Waals surface area contributed by atoms with E-state index in [1.54, 1.807) is 18.4 Å². The number of pyridine rings is 1. The fourth-order valence-corrected chi connectivity index (χ4v) is 3.17. The lowest BCUT2D eigenvalue weighted by Gasteiger charge is -2.08. The van der Waals surface area contributed by atoms with Crippen LogP contribution in [0.1, 0.15) is 16.8 Å². The molecule has 0 saturated heterocycles. The summed E-state index contributed by atoms with van der Waals surface area (Å²) in [5, 5.41) is 8.92. The molecule has 1 aromatic carbocycles. The monoisotopic (exact) mass is 298 g/mol. The second-order valence-corrected chi connectivity index (χ2v) is 5.76. The van der Waals surface area contributed by atoms with Crippen LogP contribution in [0.2, 0.25) is 0 Å². The van der Waals surface area contributed by atoms with Gasteiger partial charge in [-0.05, 0) is 40.9 Å². The average molecular weight is 298 g/mol. The minimum absolute atomic E-state index is 0.753. The molecular formula is C17H18N2OS. The second kappa shape index (κ2) is 6.24. The van der Waals surface area contributed by atoms with Crippen molar-refractivity contribution in [3.05, 3.63) is 57.9 Å². The van der Waals surface area contributed by atoms with E-state index in [-0.39, 0.29) is 0 Å². The standard InChI is InChI=1S/C17H18N2OS/c1-12-10-21-11-14(12)8-18-9-15-7-6-13-4-3-5-16(20-2)17(13)19-15/h3-7,10-11,18H,8-9H2,1-2H3. The molecule has 0 amide bonds. The summed E-state index contributed by atoms with van der Waals surface area (Å²) in [6.07, 6.45) is 0. The zero-order chi connectivity index (χ0) is 14.7. The number of aromatic nitrogens is 1. The van der Waals surface area contributed by atoms with Gasteiger partial charge in [0.05, 0.1) is 12.8 Å². The molecule has 3 nitrogen and oxygen atoms in total. The van der Waals surface area contributed by atoms with Crippen LogP contribution in [0.3, 0.4) is 0 Å². The molecule has 108 valence electrons. The Morgan fingerprint density at radius 3 is 2.81 bits per heavy atom. The van der Waals surface area contributed by atoms with Crippen LogP contribution in [0.4, 0.5) is 0 Å². The summed E-state index contributed by atoms with van der Waals surface area (Å²) in [7, 11) is 1.68. The number of fused-ring (bicyclic) bond motifs is 1. The van der Waals surface area contributed by atoms with Crippen molar-refractivity contribution in [2.24, 2.45) is 0 Å². The molecule has 0 saturated carbocycles. The summed E-state index contributed by atoms with van der Waals surface area (Å²) in [4.78, 5) is 4.70. The molecule has 0 aliphatic heterocycles. The van der Waals surface area contributed by atoms with E-state index in [1.165, 1.54) is 11.1 Å². The Morgan fingerprint density at radius 2 is 2.05 bits per heavy atom. The van der Waals surface area contributed by atoms with E-state index in [0.29, 0.717) is 0 Å². The van der Waals surface area contributed by atoms with Crippen LogP contribution in [0, 0.1) is 6.92 Å². The maximum atomic E-state index is 5.38. The summed E-state index contributed by atoms with van der Waals surface area (Å²) >= 11 is 1.75. The number of benzene rings is 1. The number of hydrogen-bond acceptors (Lipinski definition) is 4. The SMILES string of the molecule is COc1cccc2ccc(CNCc3cscc3C)nc12. The van der Waals surface area contributed by atoms with E-state index >= 15 is 0 Å². The Bertz CT molecular complexity index is 751. The van der Waals surface area contributed by atoms with Crippen LogP contribution >= 0.6 is 11.3 Å². The first-order valence-electron chi connectivity index (χ1n) is 6.93. The number of nitrogens with zero attached hydrogens (tertiary/aromatic N) is 1. The van der Waals surface area contributed by atoms with E-state index in [9.17, 15) is 0 Å². The summed E-state index contributed by atoms with van der Waals surface area (Å²) < 4.78 is 5.38. The third kappa shape index (κ3) is 3.06. The second-order valence-electron chi connectivity index (χ2n) is 5.02. The molecule has 0 bridgehead atoms. The number of hydrogen-bond donors (Lipinski definition) is 1. The lowest BCUT2D eigenvalue weighted by atomic mass is 10.2. The van der Waals surface area contributed by atoms with Crippen LogP contribution < -0.4 is 10.1 Å². The summed E-state index contributed by atoms with van der Waals surface area (Å²) in [6.45, 7) is 3.77. The van der Waals surface area contributed by atoms with E-state index < -0.39 is 0 Å². The Balaban J connectivity index is 1.74. The highest BCUT2D eigenvalue weighted by atomic mass is 32.1. The molecule has 0 spiro atoms. The Labute approximate surface area is 128 Å². The van der Waals surface area contributed by atoms with Gasteiger partial charge in [0.2, 0.25) is 0 Å². The Hall–Kier alpha value is -1.91. The average Bonchev–Trinajstić information content (AvgIpc) is 2.92. The van der Waals surface area contributed by atoms with Gasteiger partial charge in [0.1, 0.15) is 11.3 Å². The first-order chi connectivity index (χ1) is 10.3. The van der Waals surface area contributed by atoms with Crippen molar-refractivity contribution >= 4 is 22.2 Å². The number of para-hydroxylation sites is 1. The zero-order valence-electron chi connectivity index (χ0n) is 12.2. The molecule has 0 radical (unpaired) electrons. The number of nitrogens with one attached hydrogen (secondary N) is 1. The molecule has 21 heavy (non-hydrogen) atoms. The number of ether oxygens (including phenoxy) is 1. The van der Waals surface area contributed by atoms with Gasteiger partial charge in [-0.1, -0.05) is 18.2 Å². The predicted molar refractivity (Wildman–Crippen MR) is 87.9 cm³/mol. The highest BCUT2D eigenvalue weighted by Crippen LogP contribution is 2.23. The summed E-state index contributed by atoms with van der Waals surface area (Å²) in [5.41, 5.74) is 4.66. The Morgan fingerprint density at radius 1 is 1.14 bits per heavy atom. The smallest absolute Gasteiger partial charge is 0.145 e. The molecule has 3 aromatic rings. The van der Waals surface area contributed by atoms with Gasteiger partial charge in [-0.15, -0.1) is 0 Å². The minimum Gasteiger partial charge on any atom is -0.494 e. The number of rotatable bonds is 5. The van der Waals surface area contributed by atoms with Crippen LogP contribution in [0.25, 0.3) is 10.9 Å². The van der Waals surface area contributed by atoms with Crippen molar-refractivity contribution < 1.29 is 4.74 Å². The molecule has 0 aliphatic rings. The van der Waals surface area contributed by atoms with Gasteiger partial charge in [0.15, 0.2) is 0 Å². The minimum atomic E-state index is 0.753. The van der Waals surface area contributed by atoms with E-state index in [4.69, 9.17) is 9.72 Å². The van der Waals surface area contributed by atoms with Gasteiger partial charge < -0.3 is 10.1 Å². The molecule has 0 atom stereocenters. The molecular weight excluding hydrogens is 280 g/mol. The highest BCUT2D eigenvalue weighted by molar-refractivity contribution is 7.08. The molecule has 2 heterocycles. The van der Waals surface area contributed by atoms with Crippen LogP contribution in [-0.4, -0.2) is 12.1 Å². The Kier molecular flexibility index (Phi) is 4.18. The maximum Gasteiger partial charge on any atom is 0.145 e. The molecule has 3 rings (SSSR count). The number of methoxy groups -OCH3 is 1. The first kappa shape index (κ1) is 14.0. The topological polar surface area (TPSA) is 34.1 Å². The van der Waals surface area contributed by atoms with Gasteiger partial charge in [-0.2, -0.15) is 11.3 Å². The van der Waals surface area contributed by atoms with Crippen molar-refractivity contribution in [3.63, 3.8) is 0 Å². The van der Waals surface area contributed by atoms with Crippen molar-refractivity contribution in [2.45, 2.75) is 20.0 Å². The maximum absolute atomic E-state index is 5.38. The van der Waals surface area contributed by atoms with Gasteiger partial charge in [-0.3, -0.25) is 0 Å². The number of thiophene rings is 1. The zero-order valence-corrected chi connectivity index (χ0v) is 13.0. The lowest BCUT2D eigenvalue weighted by Crippen LogP contribution is -2.13. The van der Waals surface area contributed by atoms with Crippen LogP contribution in [0.15, 0.2) is 41.1 Å². The fourth-order valence-electron chi connectivity index (χ4n) is 2.32. The van der Waals surface area contributed by atoms with E-state index in [0.717, 1.165) is 35.4 Å². The van der Waals surface area contributed by atoms with Crippen molar-refractivity contribution in [3.8, 4) is 5.75 Å². The predicted octanol–water partition coefficient (Wildman–Crippen LogP) is 3.90. The highest BCUT2D eigenvalue weighted by Gasteiger charge is 2.04. The van der Waals surface area contributed by atoms with Gasteiger partial charge >= 0.3 is 0 Å². The summed E-state index contributed by atoms with van der Waals surface area (Å²) in [6, 6.07) is 10.1. The van der Waals surface area contributed by atoms with Crippen molar-refractivity contribution in [1.82, 2.24) is 10.3 Å². The molecule has 2 aromatic heterocycles. The third-order valence-electron chi connectivity index (χ3n) is 3.54. The van der Waals surface area contributed by atoms with Crippen molar-refractivity contribution in [2.75, 3.05) is 7.11 Å². The largest absolute Gasteiger partial charge is 0.494 e. The molecule has 0 aliphatic carbocycles. The molecule has 0 fully saturated rings. The first-order valence-corrected chi connectivity index (χ1v) is 7.87. The molecule has 0 unspecified atom stereocenters. The lowest BCUT2D eigenvalue weighted by molar-refractivity contribution is 0.418. The fraction of sp³-hybridized carbons (Fsp3) is 0.235. The normalized spacial score (nSPS) is 11.0. The van der Waals surface area contributed by atoms with Gasteiger partial charge in [0.25, 0.3) is 0 Å². The van der Waals surface area contributed by atoms with Crippen LogP contribution in [0.5, 0.6) is 5.75 Å². The van der Waals surface area contributed by atoms with Gasteiger partial charge in [-0.25, -0.2) is 4.98 Å². The van der Waals surface area contributed by atoms with E-state index in [2.05, 4.69) is 41.2 Å². The van der Waals surface area contributed by atoms with Crippen LogP contribution in [-0.2, 0) is 13.1 Å². The third-order valence-corrected chi connectivity index (χ3v) is 4.45. The summed E-state index contributed by atoms with van der Waals surface area (Å²) in [5.74, 6) is 0.822. The number of aryl methyl sites for hydroxylation is 1. The van der Waals surface area contributed by atoms with Gasteiger partial charge in [0, 0.05) is 18.5 Å².